The highest BCUT2D eigenvalue weighted by Crippen LogP contribution is 2.36. The zero-order valence-corrected chi connectivity index (χ0v) is 20.4. The number of ether oxygens (including phenoxy) is 2. The lowest BCUT2D eigenvalue weighted by Gasteiger charge is -2.33. The minimum atomic E-state index is -3.54. The third kappa shape index (κ3) is 6.16. The van der Waals surface area contributed by atoms with Crippen molar-refractivity contribution in [3.8, 4) is 11.5 Å². The summed E-state index contributed by atoms with van der Waals surface area (Å²) in [6, 6.07) is 12.0. The summed E-state index contributed by atoms with van der Waals surface area (Å²) in [5, 5.41) is 3.09. The Morgan fingerprint density at radius 1 is 1.00 bits per heavy atom. The summed E-state index contributed by atoms with van der Waals surface area (Å²) in [4.78, 5) is 12.7. The Labute approximate surface area is 190 Å². The van der Waals surface area contributed by atoms with E-state index in [1.54, 1.807) is 42.5 Å². The summed E-state index contributed by atoms with van der Waals surface area (Å²) in [5.41, 5.74) is 1.52. The van der Waals surface area contributed by atoms with E-state index in [0.717, 1.165) is 18.2 Å². The maximum Gasteiger partial charge on any atom is 0.251 e. The number of sulfonamides is 1. The van der Waals surface area contributed by atoms with Crippen molar-refractivity contribution < 1.29 is 22.7 Å². The van der Waals surface area contributed by atoms with Gasteiger partial charge in [-0.2, -0.15) is 0 Å². The van der Waals surface area contributed by atoms with E-state index < -0.39 is 10.0 Å². The molecule has 174 valence electrons. The largest absolute Gasteiger partial charge is 0.454 e. The molecule has 0 saturated carbocycles. The summed E-state index contributed by atoms with van der Waals surface area (Å²) in [5.74, 6) is 0.953. The number of nitrogens with zero attached hydrogens (tertiary/aromatic N) is 1. The smallest absolute Gasteiger partial charge is 0.251 e. The molecule has 3 rings (SSSR count). The van der Waals surface area contributed by atoms with Crippen LogP contribution in [0.4, 0.5) is 5.69 Å². The Bertz CT molecular complexity index is 1090. The average Bonchev–Trinajstić information content (AvgIpc) is 3.11. The molecule has 1 aliphatic rings. The number of hydrogen-bond acceptors (Lipinski definition) is 5. The molecule has 0 unspecified atom stereocenters. The second-order valence-corrected chi connectivity index (χ2v) is 12.0. The lowest BCUT2D eigenvalue weighted by atomic mass is 9.81. The molecular formula is C24H32N2O5S. The summed E-state index contributed by atoms with van der Waals surface area (Å²) in [7, 11) is -3.54. The molecule has 1 heterocycles. The van der Waals surface area contributed by atoms with Crippen LogP contribution < -0.4 is 19.1 Å². The number of anilines is 1. The molecule has 0 radical (unpaired) electrons. The van der Waals surface area contributed by atoms with Crippen molar-refractivity contribution in [1.82, 2.24) is 5.32 Å². The highest BCUT2D eigenvalue weighted by atomic mass is 32.2. The standard InChI is InChI=1S/C24H32N2O5S/c1-23(2,3)15-24(4,5)25-22(27)18-9-7-17(8-10-18)14-26(32(6,28)29)19-11-12-20-21(13-19)31-16-30-20/h7-13H,14-16H2,1-6H3,(H,25,27). The van der Waals surface area contributed by atoms with E-state index in [4.69, 9.17) is 9.47 Å². The molecule has 0 bridgehead atoms. The van der Waals surface area contributed by atoms with Gasteiger partial charge in [0.15, 0.2) is 11.5 Å². The summed E-state index contributed by atoms with van der Waals surface area (Å²) < 4.78 is 36.9. The van der Waals surface area contributed by atoms with E-state index in [1.165, 1.54) is 4.31 Å². The van der Waals surface area contributed by atoms with Crippen LogP contribution in [-0.4, -0.2) is 32.9 Å². The molecule has 0 fully saturated rings. The summed E-state index contributed by atoms with van der Waals surface area (Å²) in [6.45, 7) is 10.7. The molecule has 0 atom stereocenters. The van der Waals surface area contributed by atoms with Gasteiger partial charge in [0.25, 0.3) is 5.91 Å². The van der Waals surface area contributed by atoms with Crippen LogP contribution in [0.2, 0.25) is 0 Å². The molecule has 1 aliphatic heterocycles. The first kappa shape index (κ1) is 23.9. The fourth-order valence-electron chi connectivity index (χ4n) is 4.12. The van der Waals surface area contributed by atoms with Gasteiger partial charge in [-0.15, -0.1) is 0 Å². The van der Waals surface area contributed by atoms with Crippen LogP contribution in [0.5, 0.6) is 11.5 Å². The lowest BCUT2D eigenvalue weighted by Crippen LogP contribution is -2.45. The highest BCUT2D eigenvalue weighted by Gasteiger charge is 2.27. The topological polar surface area (TPSA) is 84.9 Å². The van der Waals surface area contributed by atoms with Crippen LogP contribution in [0.3, 0.4) is 0 Å². The minimum absolute atomic E-state index is 0.0878. The third-order valence-corrected chi connectivity index (χ3v) is 6.15. The van der Waals surface area contributed by atoms with Crippen molar-refractivity contribution in [2.45, 2.75) is 53.1 Å². The molecule has 0 aromatic heterocycles. The van der Waals surface area contributed by atoms with Gasteiger partial charge < -0.3 is 14.8 Å². The fraction of sp³-hybridized carbons (Fsp3) is 0.458. The first-order chi connectivity index (χ1) is 14.7. The fourth-order valence-corrected chi connectivity index (χ4v) is 5.00. The van der Waals surface area contributed by atoms with E-state index in [-0.39, 0.29) is 30.2 Å². The van der Waals surface area contributed by atoms with Gasteiger partial charge in [0.1, 0.15) is 0 Å². The SMILES string of the molecule is CC(C)(C)CC(C)(C)NC(=O)c1ccc(CN(c2ccc3c(c2)OCO3)S(C)(=O)=O)cc1. The summed E-state index contributed by atoms with van der Waals surface area (Å²) in [6.07, 6.45) is 2.00. The minimum Gasteiger partial charge on any atom is -0.454 e. The molecule has 0 spiro atoms. The van der Waals surface area contributed by atoms with Crippen molar-refractivity contribution in [2.75, 3.05) is 17.4 Å². The number of benzene rings is 2. The van der Waals surface area contributed by atoms with Crippen molar-refractivity contribution in [1.29, 1.82) is 0 Å². The number of fused-ring (bicyclic) bond motifs is 1. The first-order valence-corrected chi connectivity index (χ1v) is 12.4. The van der Waals surface area contributed by atoms with Crippen LogP contribution in [0, 0.1) is 5.41 Å². The van der Waals surface area contributed by atoms with E-state index >= 15 is 0 Å². The first-order valence-electron chi connectivity index (χ1n) is 10.5. The van der Waals surface area contributed by atoms with Gasteiger partial charge in [0, 0.05) is 17.2 Å². The van der Waals surface area contributed by atoms with E-state index in [0.29, 0.717) is 22.7 Å². The second-order valence-electron chi connectivity index (χ2n) is 10.1. The normalized spacial score (nSPS) is 13.7. The Morgan fingerprint density at radius 2 is 1.62 bits per heavy atom. The lowest BCUT2D eigenvalue weighted by molar-refractivity contribution is 0.0891. The van der Waals surface area contributed by atoms with Crippen molar-refractivity contribution >= 4 is 21.6 Å². The third-order valence-electron chi connectivity index (χ3n) is 5.01. The number of carbonyl (C=O) groups is 1. The maximum absolute atomic E-state index is 12.7. The molecule has 1 N–H and O–H groups in total. The molecule has 0 aliphatic carbocycles. The molecular weight excluding hydrogens is 428 g/mol. The quantitative estimate of drug-likeness (QED) is 0.665. The van der Waals surface area contributed by atoms with Crippen molar-refractivity contribution in [3.63, 3.8) is 0 Å². The number of nitrogens with one attached hydrogen (secondary N) is 1. The van der Waals surface area contributed by atoms with Gasteiger partial charge in [-0.3, -0.25) is 9.10 Å². The molecule has 0 saturated heterocycles. The van der Waals surface area contributed by atoms with Crippen molar-refractivity contribution in [3.05, 3.63) is 53.6 Å². The Hall–Kier alpha value is -2.74. The van der Waals surface area contributed by atoms with Crippen LogP contribution >= 0.6 is 0 Å². The molecule has 32 heavy (non-hydrogen) atoms. The monoisotopic (exact) mass is 460 g/mol. The van der Waals surface area contributed by atoms with E-state index in [2.05, 4.69) is 26.1 Å². The van der Waals surface area contributed by atoms with E-state index in [1.807, 2.05) is 13.8 Å². The Kier molecular flexibility index (Phi) is 6.47. The molecule has 2 aromatic rings. The van der Waals surface area contributed by atoms with Crippen LogP contribution in [0.25, 0.3) is 0 Å². The zero-order valence-electron chi connectivity index (χ0n) is 19.6. The Balaban J connectivity index is 1.75. The second kappa shape index (κ2) is 8.65. The summed E-state index contributed by atoms with van der Waals surface area (Å²) >= 11 is 0. The number of rotatable bonds is 7. The highest BCUT2D eigenvalue weighted by molar-refractivity contribution is 7.92. The van der Waals surface area contributed by atoms with Gasteiger partial charge in [-0.1, -0.05) is 32.9 Å². The number of carbonyl (C=O) groups excluding carboxylic acids is 1. The van der Waals surface area contributed by atoms with Gasteiger partial charge in [-0.05, 0) is 55.5 Å². The van der Waals surface area contributed by atoms with Crippen molar-refractivity contribution in [2.24, 2.45) is 5.41 Å². The number of amides is 1. The zero-order chi connectivity index (χ0) is 23.7. The van der Waals surface area contributed by atoms with Gasteiger partial charge in [-0.25, -0.2) is 8.42 Å². The molecule has 8 heteroatoms. The maximum atomic E-state index is 12.7. The predicted molar refractivity (Wildman–Crippen MR) is 126 cm³/mol. The average molecular weight is 461 g/mol. The molecule has 7 nitrogen and oxygen atoms in total. The van der Waals surface area contributed by atoms with Crippen LogP contribution in [0.15, 0.2) is 42.5 Å². The van der Waals surface area contributed by atoms with Gasteiger partial charge >= 0.3 is 0 Å². The molecule has 2 aromatic carbocycles. The Morgan fingerprint density at radius 3 is 2.22 bits per heavy atom. The van der Waals surface area contributed by atoms with Gasteiger partial charge in [0.2, 0.25) is 16.8 Å². The van der Waals surface area contributed by atoms with Gasteiger partial charge in [0.05, 0.1) is 18.5 Å². The van der Waals surface area contributed by atoms with Crippen LogP contribution in [0.1, 0.15) is 57.0 Å². The number of hydrogen-bond donors (Lipinski definition) is 1. The van der Waals surface area contributed by atoms with Crippen LogP contribution in [-0.2, 0) is 16.6 Å². The molecule has 1 amide bonds. The predicted octanol–water partition coefficient (Wildman–Crippen LogP) is 4.33. The van der Waals surface area contributed by atoms with E-state index in [9.17, 15) is 13.2 Å².